The largest absolute Gasteiger partial charge is 0.479 e. The first-order valence-corrected chi connectivity index (χ1v) is 46.6. The number of allylic oxidation sites excluding steroid dienone is 8. The molecule has 50 heteroatoms. The first-order chi connectivity index (χ1) is 65.0. The second-order valence-electron chi connectivity index (χ2n) is 35.4. The Kier molecular flexibility index (Phi) is 45.8. The minimum absolute atomic E-state index is 0.0349. The van der Waals surface area contributed by atoms with Gasteiger partial charge in [-0.1, -0.05) is 85.9 Å². The summed E-state index contributed by atoms with van der Waals surface area (Å²) < 4.78 is 96.2. The van der Waals surface area contributed by atoms with E-state index < -0.39 is 269 Å². The summed E-state index contributed by atoms with van der Waals surface area (Å²) in [7, 11) is -5.92. The Balaban J connectivity index is 1.16. The molecule has 0 aliphatic carbocycles. The number of Topliss-reactive ketones (excluding diaryl/α,β-unsaturated/α-hetero) is 1. The Bertz CT molecular complexity index is 4600. The molecule has 774 valence electrons. The molecule has 0 spiro atoms. The number of aliphatic hydroxyl groups is 10. The van der Waals surface area contributed by atoms with Crippen molar-refractivity contribution in [3.05, 3.63) is 105 Å². The molecule has 138 heavy (non-hydrogen) atoms. The van der Waals surface area contributed by atoms with Gasteiger partial charge in [-0.05, 0) is 124 Å². The van der Waals surface area contributed by atoms with E-state index in [4.69, 9.17) is 77.4 Å². The van der Waals surface area contributed by atoms with Crippen molar-refractivity contribution < 1.29 is 184 Å². The number of amides is 6. The van der Waals surface area contributed by atoms with E-state index in [2.05, 4.69) is 90.8 Å². The van der Waals surface area contributed by atoms with Crippen molar-refractivity contribution in [2.45, 2.75) is 331 Å². The quantitative estimate of drug-likeness (QED) is 0.00815. The van der Waals surface area contributed by atoms with Crippen molar-refractivity contribution >= 4 is 73.7 Å². The number of rotatable bonds is 56. The third-order valence-electron chi connectivity index (χ3n) is 23.2. The molecule has 6 heterocycles. The molecule has 5 aliphatic rings. The van der Waals surface area contributed by atoms with Gasteiger partial charge >= 0.3 is 19.9 Å². The summed E-state index contributed by atoms with van der Waals surface area (Å²) in [5.41, 5.74) is 11.0. The number of nitrogens with one attached hydrogen (secondary N) is 4. The molecule has 0 saturated carbocycles. The summed E-state index contributed by atoms with van der Waals surface area (Å²) in [6.07, 6.45) is -33.2. The van der Waals surface area contributed by atoms with Gasteiger partial charge in [-0.2, -0.15) is 0 Å². The van der Waals surface area contributed by atoms with Crippen LogP contribution in [0.15, 0.2) is 77.5 Å². The van der Waals surface area contributed by atoms with Crippen molar-refractivity contribution in [2.24, 2.45) is 16.9 Å². The van der Waals surface area contributed by atoms with Crippen LogP contribution in [0.3, 0.4) is 0 Å². The number of nitrogens with zero attached hydrogens (tertiary/aromatic N) is 4. The monoisotopic (exact) mass is 1980 g/mol. The van der Waals surface area contributed by atoms with Crippen LogP contribution in [0.4, 0.5) is 10.5 Å². The van der Waals surface area contributed by atoms with Gasteiger partial charge in [-0.15, -0.1) is 5.10 Å². The molecular formula is C88H133N10O39P. The highest BCUT2D eigenvalue weighted by Crippen LogP contribution is 2.50. The fourth-order valence-electron chi connectivity index (χ4n) is 15.5. The maximum Gasteiger partial charge on any atom is 0.474 e. The third kappa shape index (κ3) is 34.0. The van der Waals surface area contributed by atoms with Gasteiger partial charge < -0.3 is 155 Å². The molecular weight excluding hydrogens is 1850 g/mol. The second kappa shape index (κ2) is 54.6. The number of unbranched alkanes of at least 4 members (excludes halogenated alkanes) is 5. The Morgan fingerprint density at radius 1 is 0.710 bits per heavy atom. The topological polar surface area (TPSA) is 734 Å². The minimum Gasteiger partial charge on any atom is -0.479 e. The number of aldehydes is 1. The number of phosphoric ester groups is 1. The number of nitro groups is 1. The Labute approximate surface area is 795 Å². The van der Waals surface area contributed by atoms with Crippen LogP contribution in [0.5, 0.6) is 0 Å². The van der Waals surface area contributed by atoms with Crippen molar-refractivity contribution in [1.82, 2.24) is 36.0 Å². The molecule has 5 fully saturated rings. The van der Waals surface area contributed by atoms with Crippen LogP contribution >= 0.6 is 7.82 Å². The lowest BCUT2D eigenvalue weighted by molar-refractivity contribution is -0.384. The number of hydrogen-bond acceptors (Lipinski definition) is 39. The van der Waals surface area contributed by atoms with E-state index in [1.807, 2.05) is 6.08 Å². The van der Waals surface area contributed by atoms with E-state index in [0.29, 0.717) is 51.5 Å². The van der Waals surface area contributed by atoms with Crippen molar-refractivity contribution in [3.8, 4) is 5.69 Å². The zero-order chi connectivity index (χ0) is 102. The number of carboxylic acids is 1. The first kappa shape index (κ1) is 116. The van der Waals surface area contributed by atoms with E-state index in [0.717, 1.165) is 99.6 Å². The maximum absolute atomic E-state index is 14.3. The standard InChI is InChI=1S/C88H133N10O39P/c1-45(2)22-21-24-46(3)26-27-48(5)30-34-87(9,10)33-17-16-23-47(4)31-39-125-58(80(116)117)43-127-138(122,123)137-85-73(74(136-86(90)118)88(11,119)75(135-85)76(89)114)134-82-61(94-51(8)103)64(108)71(57(130-82)42-126-83-68(112)65(109)62(106)56(41-100)129-83)132-81-60(93-50(7)102)63(107)70(49(6)128-81)131-84-69(113)66(110)67(111)72(133-84)78-95-77(55(104)32-38-124-44-101)96-97(78)54-29-28-52(98(120)121)40-53(54)79(115)92-36-19-14-15-25-59(105)91-35-18-12-13-20-37-99/h17,22,26,28-29,31,33,37,40,44,49,56-58,60-75,81-85,100,106-113,119H,5,12-16,18-21,23-25,27,30,32,34-36,38-39,41-43H2,1-4,6-11H3,(H2,89,114)(H2,90,118)(H,91,105)(H,92,115)(H,93,102)(H,94,103)(H,116,117)(H,122,123)/b33-17+,46-26+,47-31+. The number of benzene rings is 1. The number of ketones is 1. The molecule has 2 aromatic rings. The fraction of sp³-hybridized carbons (Fsp3) is 0.682. The summed E-state index contributed by atoms with van der Waals surface area (Å²) in [5, 5.41) is 153. The van der Waals surface area contributed by atoms with Crippen molar-refractivity contribution in [1.29, 1.82) is 0 Å². The van der Waals surface area contributed by atoms with Crippen LogP contribution in [0.1, 0.15) is 205 Å². The van der Waals surface area contributed by atoms with Gasteiger partial charge in [0.15, 0.2) is 61.7 Å². The number of aliphatic carboxylic acids is 1. The van der Waals surface area contributed by atoms with E-state index in [1.165, 1.54) is 18.1 Å². The van der Waals surface area contributed by atoms with Gasteiger partial charge in [-0.25, -0.2) is 23.8 Å². The minimum atomic E-state index is -5.92. The summed E-state index contributed by atoms with van der Waals surface area (Å²) >= 11 is 0. The number of ether oxygens (including phenoxy) is 12. The molecule has 0 radical (unpaired) electrons. The summed E-state index contributed by atoms with van der Waals surface area (Å²) in [6.45, 7) is 16.3. The predicted molar refractivity (Wildman–Crippen MR) is 476 cm³/mol. The van der Waals surface area contributed by atoms with E-state index in [-0.39, 0.29) is 49.5 Å². The normalized spacial score (nSPS) is 29.8. The molecule has 1 aromatic carbocycles. The molecule has 0 bridgehead atoms. The number of non-ortho nitro benzene ring substituents is 1. The number of aliphatic hydroxyl groups excluding tert-OH is 9. The van der Waals surface area contributed by atoms with Crippen LogP contribution in [0, 0.1) is 15.5 Å². The Morgan fingerprint density at radius 3 is 1.96 bits per heavy atom. The maximum atomic E-state index is 14.3. The van der Waals surface area contributed by atoms with Crippen LogP contribution in [0.2, 0.25) is 0 Å². The van der Waals surface area contributed by atoms with Gasteiger partial charge in [0.25, 0.3) is 18.1 Å². The first-order valence-electron chi connectivity index (χ1n) is 45.1. The third-order valence-corrected chi connectivity index (χ3v) is 24.2. The van der Waals surface area contributed by atoms with Crippen LogP contribution in [-0.4, -0.2) is 340 Å². The molecule has 5 saturated heterocycles. The summed E-state index contributed by atoms with van der Waals surface area (Å²) in [4.78, 5) is 155. The number of carbonyl (C=O) groups excluding carboxylic acids is 9. The van der Waals surface area contributed by atoms with Gasteiger partial charge in [0.1, 0.15) is 103 Å². The number of aromatic nitrogens is 3. The highest BCUT2D eigenvalue weighted by Gasteiger charge is 2.63. The lowest BCUT2D eigenvalue weighted by atomic mass is 9.85. The second-order valence-corrected chi connectivity index (χ2v) is 36.8. The van der Waals surface area contributed by atoms with Gasteiger partial charge in [0.05, 0.1) is 55.3 Å². The number of hydrogen-bond donors (Lipinski definition) is 18. The molecule has 20 N–H and O–H groups in total. The summed E-state index contributed by atoms with van der Waals surface area (Å²) in [5.74, 6) is -8.91. The van der Waals surface area contributed by atoms with E-state index >= 15 is 0 Å². The fourth-order valence-corrected chi connectivity index (χ4v) is 16.3. The number of carboxylic acid groups (broad SMARTS) is 1. The van der Waals surface area contributed by atoms with E-state index in [1.54, 1.807) is 13.0 Å². The van der Waals surface area contributed by atoms with Crippen LogP contribution < -0.4 is 32.7 Å². The zero-order valence-corrected chi connectivity index (χ0v) is 79.4. The number of phosphoric acid groups is 1. The number of nitro benzene ring substituents is 1. The molecule has 49 nitrogen and oxygen atoms in total. The molecule has 7 rings (SSSR count). The zero-order valence-electron chi connectivity index (χ0n) is 78.5. The van der Waals surface area contributed by atoms with Gasteiger partial charge in [-0.3, -0.25) is 52.7 Å². The Morgan fingerprint density at radius 2 is 1.33 bits per heavy atom. The lowest BCUT2D eigenvalue weighted by Crippen LogP contribution is -2.72. The number of nitrogens with two attached hydrogens (primary N) is 2. The highest BCUT2D eigenvalue weighted by atomic mass is 31.2. The lowest BCUT2D eigenvalue weighted by Gasteiger charge is -2.52. The van der Waals surface area contributed by atoms with Crippen LogP contribution in [0.25, 0.3) is 5.69 Å². The molecule has 27 unspecified atom stereocenters. The van der Waals surface area contributed by atoms with Crippen LogP contribution in [-0.2, 0) is 104 Å². The van der Waals surface area contributed by atoms with Crippen molar-refractivity contribution in [2.75, 3.05) is 46.1 Å². The molecule has 27 atom stereocenters. The predicted octanol–water partition coefficient (Wildman–Crippen LogP) is 0.497. The Hall–Kier alpha value is -9.33. The highest BCUT2D eigenvalue weighted by molar-refractivity contribution is 7.47. The average molecular weight is 1990 g/mol. The number of primary amides is 2. The van der Waals surface area contributed by atoms with Crippen molar-refractivity contribution in [3.63, 3.8) is 0 Å². The molecule has 5 aliphatic heterocycles. The molecule has 1 aromatic heterocycles. The number of carbonyl (C=O) groups is 10. The average Bonchev–Trinajstić information content (AvgIpc) is 0.921. The van der Waals surface area contributed by atoms with Gasteiger partial charge in [0.2, 0.25) is 35.2 Å². The molecule has 6 amide bonds. The summed E-state index contributed by atoms with van der Waals surface area (Å²) in [6, 6.07) is -1.39. The van der Waals surface area contributed by atoms with Gasteiger partial charge in [0, 0.05) is 58.3 Å². The smallest absolute Gasteiger partial charge is 0.474 e. The van der Waals surface area contributed by atoms with E-state index in [9.17, 15) is 124 Å². The SMILES string of the molecule is C=C(C/C=C(\C)CCC=C(C)C)CCC(C)(C)/C=C/CC/C(C)=C/COC(COP(=O)(O)OC1OC(C(N)=O)C(C)(O)C(OC(N)=O)C1OC1OC(COC2OC(CO)C(O)C(O)C2O)C(OC2OC(C)C(OC3OC(c4nc(C(=O)CCOC=O)nn4-c4ccc([N+](=O)[O-])cc4C(=O)NCCCCCC(=O)NCCCCCC=O)C(O)C(O)C3O)C(O)C2NC(C)=O)C(O)C1NC(C)=O)C(=O)O.